The molecular formula is C23H28N2OS. The first kappa shape index (κ1) is 19.7. The number of carbonyl (C=O) groups excluding carboxylic acids is 1. The first-order valence-electron chi connectivity index (χ1n) is 9.56. The third kappa shape index (κ3) is 6.26. The number of benzene rings is 2. The zero-order chi connectivity index (χ0) is 18.9. The summed E-state index contributed by atoms with van der Waals surface area (Å²) in [6.07, 6.45) is 4.38. The minimum Gasteiger partial charge on any atom is -0.339 e. The summed E-state index contributed by atoms with van der Waals surface area (Å²) >= 11 is 1.72. The monoisotopic (exact) mass is 380 g/mol. The van der Waals surface area contributed by atoms with Crippen LogP contribution in [0, 0.1) is 6.92 Å². The van der Waals surface area contributed by atoms with Crippen molar-refractivity contribution in [3.05, 3.63) is 77.4 Å². The van der Waals surface area contributed by atoms with Gasteiger partial charge in [0.05, 0.1) is 5.75 Å². The van der Waals surface area contributed by atoms with Crippen molar-refractivity contribution in [1.29, 1.82) is 0 Å². The Morgan fingerprint density at radius 1 is 1.00 bits per heavy atom. The summed E-state index contributed by atoms with van der Waals surface area (Å²) < 4.78 is 0. The van der Waals surface area contributed by atoms with Crippen molar-refractivity contribution in [2.45, 2.75) is 12.7 Å². The molecule has 0 atom stereocenters. The molecule has 1 saturated heterocycles. The van der Waals surface area contributed by atoms with Gasteiger partial charge in [0, 0.05) is 38.5 Å². The van der Waals surface area contributed by atoms with Crippen LogP contribution >= 0.6 is 11.8 Å². The van der Waals surface area contributed by atoms with E-state index in [0.29, 0.717) is 5.75 Å². The number of rotatable bonds is 7. The highest BCUT2D eigenvalue weighted by atomic mass is 32.2. The Kier molecular flexibility index (Phi) is 7.55. The van der Waals surface area contributed by atoms with E-state index in [1.807, 2.05) is 11.0 Å². The summed E-state index contributed by atoms with van der Waals surface area (Å²) in [6, 6.07) is 18.8. The Labute approximate surface area is 167 Å². The van der Waals surface area contributed by atoms with Gasteiger partial charge in [0.2, 0.25) is 5.91 Å². The Hall–Kier alpha value is -2.04. The van der Waals surface area contributed by atoms with Gasteiger partial charge in [-0.1, -0.05) is 66.7 Å². The Morgan fingerprint density at radius 3 is 2.44 bits per heavy atom. The number of aryl methyl sites for hydroxylation is 1. The van der Waals surface area contributed by atoms with E-state index in [1.165, 1.54) is 16.7 Å². The van der Waals surface area contributed by atoms with Gasteiger partial charge in [0.25, 0.3) is 0 Å². The van der Waals surface area contributed by atoms with Gasteiger partial charge in [0.15, 0.2) is 0 Å². The fraction of sp³-hybridized carbons (Fsp3) is 0.348. The lowest BCUT2D eigenvalue weighted by Crippen LogP contribution is -2.49. The van der Waals surface area contributed by atoms with Crippen LogP contribution < -0.4 is 0 Å². The van der Waals surface area contributed by atoms with E-state index >= 15 is 0 Å². The van der Waals surface area contributed by atoms with Gasteiger partial charge in [-0.15, -0.1) is 11.8 Å². The predicted octanol–water partition coefficient (Wildman–Crippen LogP) is 4.09. The van der Waals surface area contributed by atoms with Crippen molar-refractivity contribution in [1.82, 2.24) is 9.80 Å². The number of thioether (sulfide) groups is 1. The molecule has 0 saturated carbocycles. The SMILES string of the molecule is Cc1ccccc1CSCC(=O)N1CCN(C/C=C/c2ccccc2)CC1. The Bertz CT molecular complexity index is 752. The average Bonchev–Trinajstić information content (AvgIpc) is 2.71. The lowest BCUT2D eigenvalue weighted by molar-refractivity contribution is -0.129. The molecule has 1 heterocycles. The molecule has 0 bridgehead atoms. The van der Waals surface area contributed by atoms with Crippen molar-refractivity contribution in [2.75, 3.05) is 38.5 Å². The van der Waals surface area contributed by atoms with E-state index < -0.39 is 0 Å². The molecule has 4 heteroatoms. The van der Waals surface area contributed by atoms with E-state index in [9.17, 15) is 4.79 Å². The maximum absolute atomic E-state index is 12.5. The number of nitrogens with zero attached hydrogens (tertiary/aromatic N) is 2. The fourth-order valence-corrected chi connectivity index (χ4v) is 4.20. The first-order chi connectivity index (χ1) is 13.2. The summed E-state index contributed by atoms with van der Waals surface area (Å²) in [5, 5.41) is 0. The number of carbonyl (C=O) groups is 1. The van der Waals surface area contributed by atoms with Crippen LogP contribution in [-0.2, 0) is 10.5 Å². The standard InChI is InChI=1S/C23H28N2OS/c1-20-8-5-6-12-22(20)18-27-19-23(26)25-16-14-24(15-17-25)13-7-11-21-9-3-2-4-10-21/h2-12H,13-19H2,1H3/b11-7+. The Balaban J connectivity index is 1.35. The maximum atomic E-state index is 12.5. The largest absolute Gasteiger partial charge is 0.339 e. The van der Waals surface area contributed by atoms with Crippen molar-refractivity contribution in [3.8, 4) is 0 Å². The molecule has 1 amide bonds. The molecule has 0 spiro atoms. The molecule has 0 unspecified atom stereocenters. The van der Waals surface area contributed by atoms with Gasteiger partial charge in [-0.3, -0.25) is 9.69 Å². The van der Waals surface area contributed by atoms with Crippen LogP contribution in [0.4, 0.5) is 0 Å². The molecule has 0 N–H and O–H groups in total. The third-order valence-electron chi connectivity index (χ3n) is 4.94. The summed E-state index contributed by atoms with van der Waals surface area (Å²) in [5.41, 5.74) is 3.86. The zero-order valence-electron chi connectivity index (χ0n) is 16.0. The predicted molar refractivity (Wildman–Crippen MR) is 116 cm³/mol. The quantitative estimate of drug-likeness (QED) is 0.723. The average molecular weight is 381 g/mol. The van der Waals surface area contributed by atoms with E-state index in [4.69, 9.17) is 0 Å². The highest BCUT2D eigenvalue weighted by molar-refractivity contribution is 7.99. The van der Waals surface area contributed by atoms with Gasteiger partial charge in [-0.05, 0) is 23.6 Å². The molecule has 3 rings (SSSR count). The zero-order valence-corrected chi connectivity index (χ0v) is 16.8. The second-order valence-corrected chi connectivity index (χ2v) is 7.90. The number of piperazine rings is 1. The molecule has 1 aliphatic rings. The summed E-state index contributed by atoms with van der Waals surface area (Å²) in [5.74, 6) is 1.75. The van der Waals surface area contributed by atoms with E-state index in [2.05, 4.69) is 72.5 Å². The minimum absolute atomic E-state index is 0.271. The molecule has 3 nitrogen and oxygen atoms in total. The molecule has 2 aromatic rings. The van der Waals surface area contributed by atoms with E-state index in [0.717, 1.165) is 38.5 Å². The van der Waals surface area contributed by atoms with Crippen molar-refractivity contribution in [2.24, 2.45) is 0 Å². The molecule has 2 aromatic carbocycles. The molecule has 142 valence electrons. The van der Waals surface area contributed by atoms with E-state index in [-0.39, 0.29) is 5.91 Å². The summed E-state index contributed by atoms with van der Waals surface area (Å²) in [7, 11) is 0. The van der Waals surface area contributed by atoms with Crippen LogP contribution in [-0.4, -0.2) is 54.2 Å². The highest BCUT2D eigenvalue weighted by Gasteiger charge is 2.20. The summed E-state index contributed by atoms with van der Waals surface area (Å²) in [4.78, 5) is 16.9. The topological polar surface area (TPSA) is 23.6 Å². The third-order valence-corrected chi connectivity index (χ3v) is 5.91. The second-order valence-electron chi connectivity index (χ2n) is 6.91. The number of hydrogen-bond donors (Lipinski definition) is 0. The van der Waals surface area contributed by atoms with Crippen LogP contribution in [0.5, 0.6) is 0 Å². The number of hydrogen-bond acceptors (Lipinski definition) is 3. The van der Waals surface area contributed by atoms with Gasteiger partial charge < -0.3 is 4.90 Å². The molecule has 0 radical (unpaired) electrons. The second kappa shape index (κ2) is 10.3. The van der Waals surface area contributed by atoms with Crippen LogP contribution in [0.15, 0.2) is 60.7 Å². The number of amides is 1. The molecule has 27 heavy (non-hydrogen) atoms. The normalized spacial score (nSPS) is 15.4. The van der Waals surface area contributed by atoms with Crippen molar-refractivity contribution in [3.63, 3.8) is 0 Å². The first-order valence-corrected chi connectivity index (χ1v) is 10.7. The van der Waals surface area contributed by atoms with Crippen LogP contribution in [0.2, 0.25) is 0 Å². The Morgan fingerprint density at radius 2 is 1.70 bits per heavy atom. The summed E-state index contributed by atoms with van der Waals surface area (Å²) in [6.45, 7) is 6.65. The van der Waals surface area contributed by atoms with E-state index in [1.54, 1.807) is 11.8 Å². The lowest BCUT2D eigenvalue weighted by atomic mass is 10.1. The van der Waals surface area contributed by atoms with Crippen molar-refractivity contribution >= 4 is 23.7 Å². The van der Waals surface area contributed by atoms with Gasteiger partial charge in [0.1, 0.15) is 0 Å². The maximum Gasteiger partial charge on any atom is 0.232 e. The van der Waals surface area contributed by atoms with Crippen LogP contribution in [0.25, 0.3) is 6.08 Å². The molecule has 1 fully saturated rings. The van der Waals surface area contributed by atoms with Crippen molar-refractivity contribution < 1.29 is 4.79 Å². The van der Waals surface area contributed by atoms with Gasteiger partial charge in [-0.2, -0.15) is 0 Å². The fourth-order valence-electron chi connectivity index (χ4n) is 3.19. The van der Waals surface area contributed by atoms with Gasteiger partial charge in [-0.25, -0.2) is 0 Å². The smallest absolute Gasteiger partial charge is 0.232 e. The molecule has 1 aliphatic heterocycles. The van der Waals surface area contributed by atoms with Crippen LogP contribution in [0.3, 0.4) is 0 Å². The molecular weight excluding hydrogens is 352 g/mol. The highest BCUT2D eigenvalue weighted by Crippen LogP contribution is 2.16. The van der Waals surface area contributed by atoms with Crippen LogP contribution in [0.1, 0.15) is 16.7 Å². The molecule has 0 aromatic heterocycles. The lowest BCUT2D eigenvalue weighted by Gasteiger charge is -2.34. The minimum atomic E-state index is 0.271. The van der Waals surface area contributed by atoms with Gasteiger partial charge >= 0.3 is 0 Å². The molecule has 0 aliphatic carbocycles.